The van der Waals surface area contributed by atoms with E-state index in [-0.39, 0.29) is 16.8 Å². The molecule has 0 aliphatic heterocycles. The molecule has 29 heavy (non-hydrogen) atoms. The highest BCUT2D eigenvalue weighted by Crippen LogP contribution is 2.21. The largest absolute Gasteiger partial charge is 0.397 e. The van der Waals surface area contributed by atoms with Crippen molar-refractivity contribution in [3.63, 3.8) is 0 Å². The molecule has 140 valence electrons. The van der Waals surface area contributed by atoms with Crippen LogP contribution in [0.2, 0.25) is 0 Å². The van der Waals surface area contributed by atoms with Gasteiger partial charge in [0, 0.05) is 22.5 Å². The molecular formula is C24H17N3O2. The van der Waals surface area contributed by atoms with Crippen molar-refractivity contribution in [3.8, 4) is 24.7 Å². The van der Waals surface area contributed by atoms with Crippen LogP contribution in [-0.4, -0.2) is 11.8 Å². The van der Waals surface area contributed by atoms with Crippen LogP contribution in [0.5, 0.6) is 0 Å². The summed E-state index contributed by atoms with van der Waals surface area (Å²) in [4.78, 5) is 25.3. The van der Waals surface area contributed by atoms with Crippen molar-refractivity contribution in [2.45, 2.75) is 0 Å². The molecule has 5 heteroatoms. The van der Waals surface area contributed by atoms with Crippen LogP contribution in [0.1, 0.15) is 31.8 Å². The van der Waals surface area contributed by atoms with Gasteiger partial charge in [-0.15, -0.1) is 12.8 Å². The second-order valence-electron chi connectivity index (χ2n) is 6.13. The molecular weight excluding hydrogens is 362 g/mol. The van der Waals surface area contributed by atoms with E-state index in [2.05, 4.69) is 22.5 Å². The molecule has 0 radical (unpaired) electrons. The summed E-state index contributed by atoms with van der Waals surface area (Å²) in [5, 5.41) is 5.47. The Balaban J connectivity index is 1.83. The average Bonchev–Trinajstić information content (AvgIpc) is 2.74. The summed E-state index contributed by atoms with van der Waals surface area (Å²) in [5.74, 6) is 4.12. The predicted octanol–water partition coefficient (Wildman–Crippen LogP) is 3.74. The van der Waals surface area contributed by atoms with Gasteiger partial charge in [-0.2, -0.15) is 0 Å². The first-order chi connectivity index (χ1) is 14.0. The zero-order valence-electron chi connectivity index (χ0n) is 15.4. The molecule has 0 bridgehead atoms. The molecule has 4 N–H and O–H groups in total. The summed E-state index contributed by atoms with van der Waals surface area (Å²) in [7, 11) is 0. The maximum atomic E-state index is 12.7. The van der Waals surface area contributed by atoms with Crippen molar-refractivity contribution in [1.82, 2.24) is 0 Å². The van der Waals surface area contributed by atoms with Crippen molar-refractivity contribution in [3.05, 3.63) is 89.0 Å². The van der Waals surface area contributed by atoms with Crippen LogP contribution < -0.4 is 16.4 Å². The van der Waals surface area contributed by atoms with E-state index in [0.29, 0.717) is 22.5 Å². The van der Waals surface area contributed by atoms with Gasteiger partial charge in [-0.05, 0) is 48.5 Å². The molecule has 0 saturated carbocycles. The van der Waals surface area contributed by atoms with Gasteiger partial charge < -0.3 is 16.4 Å². The van der Waals surface area contributed by atoms with E-state index < -0.39 is 11.8 Å². The van der Waals surface area contributed by atoms with E-state index in [0.717, 1.165) is 0 Å². The third kappa shape index (κ3) is 4.44. The fourth-order valence-corrected chi connectivity index (χ4v) is 2.73. The van der Waals surface area contributed by atoms with Crippen molar-refractivity contribution < 1.29 is 9.59 Å². The van der Waals surface area contributed by atoms with Crippen molar-refractivity contribution >= 4 is 28.9 Å². The Kier molecular flexibility index (Phi) is 5.64. The number of hydrogen-bond donors (Lipinski definition) is 3. The van der Waals surface area contributed by atoms with Crippen LogP contribution in [-0.2, 0) is 0 Å². The molecule has 0 heterocycles. The topological polar surface area (TPSA) is 84.2 Å². The van der Waals surface area contributed by atoms with Gasteiger partial charge in [0.1, 0.15) is 0 Å². The average molecular weight is 379 g/mol. The first-order valence-electron chi connectivity index (χ1n) is 8.66. The summed E-state index contributed by atoms with van der Waals surface area (Å²) >= 11 is 0. The molecule has 0 fully saturated rings. The van der Waals surface area contributed by atoms with Gasteiger partial charge in [0.15, 0.2) is 0 Å². The molecule has 3 aromatic rings. The quantitative estimate of drug-likeness (QED) is 0.477. The predicted molar refractivity (Wildman–Crippen MR) is 116 cm³/mol. The Labute approximate surface area is 168 Å². The van der Waals surface area contributed by atoms with Crippen molar-refractivity contribution in [2.24, 2.45) is 0 Å². The van der Waals surface area contributed by atoms with Gasteiger partial charge in [0.05, 0.1) is 16.8 Å². The summed E-state index contributed by atoms with van der Waals surface area (Å²) in [6, 6.07) is 18.4. The summed E-state index contributed by atoms with van der Waals surface area (Å²) in [5.41, 5.74) is 8.89. The number of benzene rings is 3. The lowest BCUT2D eigenvalue weighted by molar-refractivity contribution is 0.102. The van der Waals surface area contributed by atoms with E-state index in [9.17, 15) is 9.59 Å². The molecule has 0 saturated heterocycles. The fourth-order valence-electron chi connectivity index (χ4n) is 2.73. The van der Waals surface area contributed by atoms with Gasteiger partial charge in [-0.1, -0.05) is 30.0 Å². The molecule has 0 aromatic heterocycles. The number of nitrogens with one attached hydrogen (secondary N) is 2. The lowest BCUT2D eigenvalue weighted by atomic mass is 10.1. The zero-order valence-corrected chi connectivity index (χ0v) is 15.4. The Morgan fingerprint density at radius 1 is 0.724 bits per heavy atom. The van der Waals surface area contributed by atoms with E-state index in [1.165, 1.54) is 0 Å². The highest BCUT2D eigenvalue weighted by molar-refractivity contribution is 6.14. The van der Waals surface area contributed by atoms with Gasteiger partial charge in [0.2, 0.25) is 0 Å². The minimum absolute atomic E-state index is 0.0729. The number of amides is 2. The number of nitrogen functional groups attached to an aromatic ring is 1. The molecule has 0 aliphatic rings. The fraction of sp³-hybridized carbons (Fsp3) is 0. The number of hydrogen-bond acceptors (Lipinski definition) is 3. The molecule has 2 amide bonds. The molecule has 0 atom stereocenters. The Morgan fingerprint density at radius 3 is 1.55 bits per heavy atom. The van der Waals surface area contributed by atoms with Crippen LogP contribution >= 0.6 is 0 Å². The zero-order chi connectivity index (χ0) is 20.8. The number of nitrogens with two attached hydrogens (primary N) is 1. The number of terminal acetylenes is 2. The first-order valence-corrected chi connectivity index (χ1v) is 8.66. The summed E-state index contributed by atoms with van der Waals surface area (Å²) < 4.78 is 0. The van der Waals surface area contributed by atoms with Gasteiger partial charge in [-0.3, -0.25) is 9.59 Å². The number of carbonyl (C=O) groups excluding carboxylic acids is 2. The first kappa shape index (κ1) is 19.3. The van der Waals surface area contributed by atoms with E-state index in [1.54, 1.807) is 66.7 Å². The summed E-state index contributed by atoms with van der Waals surface area (Å²) in [6.07, 6.45) is 10.8. The number of rotatable bonds is 4. The third-order valence-electron chi connectivity index (χ3n) is 4.17. The highest BCUT2D eigenvalue weighted by atomic mass is 16.2. The number of para-hydroxylation sites is 1. The second-order valence-corrected chi connectivity index (χ2v) is 6.13. The second kappa shape index (κ2) is 8.47. The molecule has 0 unspecified atom stereocenters. The van der Waals surface area contributed by atoms with Gasteiger partial charge >= 0.3 is 0 Å². The highest BCUT2D eigenvalue weighted by Gasteiger charge is 2.17. The molecule has 5 nitrogen and oxygen atoms in total. The Morgan fingerprint density at radius 2 is 1.14 bits per heavy atom. The van der Waals surface area contributed by atoms with Crippen LogP contribution in [0.25, 0.3) is 0 Å². The van der Waals surface area contributed by atoms with Crippen molar-refractivity contribution in [1.29, 1.82) is 0 Å². The minimum Gasteiger partial charge on any atom is -0.397 e. The smallest absolute Gasteiger partial charge is 0.257 e. The Hall–Kier alpha value is -4.48. The molecule has 0 aliphatic carbocycles. The molecule has 3 aromatic carbocycles. The monoisotopic (exact) mass is 379 g/mol. The SMILES string of the molecule is C#Cc1cccc(NC(=O)c2cccc(C(=O)Nc3cccc(C#C)c3)c2N)c1. The van der Waals surface area contributed by atoms with Crippen LogP contribution in [0.3, 0.4) is 0 Å². The number of carbonyl (C=O) groups is 2. The van der Waals surface area contributed by atoms with Crippen LogP contribution in [0.4, 0.5) is 17.1 Å². The number of anilines is 3. The van der Waals surface area contributed by atoms with E-state index in [4.69, 9.17) is 18.6 Å². The van der Waals surface area contributed by atoms with Gasteiger partial charge in [0.25, 0.3) is 11.8 Å². The van der Waals surface area contributed by atoms with Gasteiger partial charge in [-0.25, -0.2) is 0 Å². The maximum Gasteiger partial charge on any atom is 0.257 e. The van der Waals surface area contributed by atoms with E-state index in [1.807, 2.05) is 0 Å². The lowest BCUT2D eigenvalue weighted by Gasteiger charge is -2.12. The van der Waals surface area contributed by atoms with E-state index >= 15 is 0 Å². The minimum atomic E-state index is -0.444. The summed E-state index contributed by atoms with van der Waals surface area (Å²) in [6.45, 7) is 0. The molecule has 3 rings (SSSR count). The lowest BCUT2D eigenvalue weighted by Crippen LogP contribution is -2.19. The van der Waals surface area contributed by atoms with Crippen LogP contribution in [0, 0.1) is 24.7 Å². The van der Waals surface area contributed by atoms with Crippen molar-refractivity contribution in [2.75, 3.05) is 16.4 Å². The van der Waals surface area contributed by atoms with Crippen LogP contribution in [0.15, 0.2) is 66.7 Å². The normalized spacial score (nSPS) is 9.72. The standard InChI is InChI=1S/C24H17N3O2/c1-3-16-8-5-10-18(14-16)26-23(28)20-12-7-13-21(22(20)25)24(29)27-19-11-6-9-17(4-2)15-19/h1-2,5-15H,25H2,(H,26,28)(H,27,29). The maximum absolute atomic E-state index is 12.7. The third-order valence-corrected chi connectivity index (χ3v) is 4.17. The Bertz CT molecular complexity index is 1090. The molecule has 0 spiro atoms.